The number of rotatable bonds is 2. The standard InChI is InChI=1S/C16H16N2.2ClH/c1-2-6-13(7-3-1)16-10-9-14(12-18-16)15-8-4-5-11-17-15;;/h1-7,9-10,12,15,17H,8,11H2;2*1H. The first-order valence-corrected chi connectivity index (χ1v) is 6.33. The van der Waals surface area contributed by atoms with Gasteiger partial charge in [0.05, 0.1) is 5.69 Å². The summed E-state index contributed by atoms with van der Waals surface area (Å²) < 4.78 is 0. The highest BCUT2D eigenvalue weighted by Crippen LogP contribution is 2.22. The molecule has 0 bridgehead atoms. The smallest absolute Gasteiger partial charge is 0.0702 e. The second-order valence-corrected chi connectivity index (χ2v) is 4.51. The molecule has 2 heterocycles. The lowest BCUT2D eigenvalue weighted by Crippen LogP contribution is -2.23. The molecule has 1 aromatic heterocycles. The van der Waals surface area contributed by atoms with E-state index in [1.54, 1.807) is 0 Å². The summed E-state index contributed by atoms with van der Waals surface area (Å²) in [6.07, 6.45) is 7.43. The number of hydrogen-bond donors (Lipinski definition) is 1. The van der Waals surface area contributed by atoms with Crippen LogP contribution in [-0.4, -0.2) is 11.5 Å². The molecule has 2 nitrogen and oxygen atoms in total. The van der Waals surface area contributed by atoms with Crippen molar-refractivity contribution in [1.29, 1.82) is 0 Å². The minimum atomic E-state index is 0. The van der Waals surface area contributed by atoms with E-state index in [4.69, 9.17) is 0 Å². The summed E-state index contributed by atoms with van der Waals surface area (Å²) in [6.45, 7) is 0.950. The predicted molar refractivity (Wildman–Crippen MR) is 88.7 cm³/mol. The molecule has 0 fully saturated rings. The number of pyridine rings is 1. The van der Waals surface area contributed by atoms with Gasteiger partial charge in [-0.15, -0.1) is 24.8 Å². The van der Waals surface area contributed by atoms with Crippen LogP contribution in [0.15, 0.2) is 60.8 Å². The Morgan fingerprint density at radius 3 is 2.35 bits per heavy atom. The summed E-state index contributed by atoms with van der Waals surface area (Å²) in [7, 11) is 0. The Balaban J connectivity index is 0.000001000. The predicted octanol–water partition coefficient (Wildman–Crippen LogP) is 4.18. The quantitative estimate of drug-likeness (QED) is 0.842. The maximum Gasteiger partial charge on any atom is 0.0702 e. The van der Waals surface area contributed by atoms with Gasteiger partial charge in [-0.05, 0) is 18.1 Å². The Labute approximate surface area is 132 Å². The van der Waals surface area contributed by atoms with Gasteiger partial charge in [0.25, 0.3) is 0 Å². The summed E-state index contributed by atoms with van der Waals surface area (Å²) in [4.78, 5) is 4.56. The van der Waals surface area contributed by atoms with Crippen molar-refractivity contribution < 1.29 is 0 Å². The van der Waals surface area contributed by atoms with Crippen molar-refractivity contribution in [3.63, 3.8) is 0 Å². The third-order valence-corrected chi connectivity index (χ3v) is 3.28. The van der Waals surface area contributed by atoms with Crippen LogP contribution < -0.4 is 5.32 Å². The number of hydrogen-bond acceptors (Lipinski definition) is 2. The van der Waals surface area contributed by atoms with E-state index in [1.807, 2.05) is 24.4 Å². The lowest BCUT2D eigenvalue weighted by molar-refractivity contribution is 0.553. The normalized spacial score (nSPS) is 16.9. The fourth-order valence-electron chi connectivity index (χ4n) is 2.25. The molecule has 1 aliphatic heterocycles. The average Bonchev–Trinajstić information content (AvgIpc) is 2.49. The molecule has 0 spiro atoms. The van der Waals surface area contributed by atoms with E-state index in [2.05, 4.69) is 46.7 Å². The van der Waals surface area contributed by atoms with E-state index < -0.39 is 0 Å². The number of benzene rings is 1. The number of nitrogens with zero attached hydrogens (tertiary/aromatic N) is 1. The highest BCUT2D eigenvalue weighted by Gasteiger charge is 2.11. The number of aromatic nitrogens is 1. The second-order valence-electron chi connectivity index (χ2n) is 4.51. The van der Waals surface area contributed by atoms with Crippen molar-refractivity contribution >= 4 is 24.8 Å². The summed E-state index contributed by atoms with van der Waals surface area (Å²) in [5.74, 6) is 0. The van der Waals surface area contributed by atoms with Crippen LogP contribution >= 0.6 is 24.8 Å². The first-order chi connectivity index (χ1) is 8.93. The molecule has 4 heteroatoms. The SMILES string of the molecule is C1=CCC(c2ccc(-c3ccccc3)nc2)NC1.Cl.Cl. The minimum Gasteiger partial charge on any atom is -0.306 e. The lowest BCUT2D eigenvalue weighted by Gasteiger charge is -2.19. The molecule has 0 saturated heterocycles. The van der Waals surface area contributed by atoms with Crippen LogP contribution in [-0.2, 0) is 0 Å². The molecule has 1 unspecified atom stereocenters. The highest BCUT2D eigenvalue weighted by molar-refractivity contribution is 5.85. The van der Waals surface area contributed by atoms with Gasteiger partial charge in [-0.2, -0.15) is 0 Å². The molecule has 0 saturated carbocycles. The molecule has 2 aromatic rings. The van der Waals surface area contributed by atoms with Crippen molar-refractivity contribution in [2.75, 3.05) is 6.54 Å². The Bertz CT molecular complexity index is 538. The molecule has 1 atom stereocenters. The van der Waals surface area contributed by atoms with E-state index in [0.29, 0.717) is 6.04 Å². The van der Waals surface area contributed by atoms with Crippen LogP contribution in [0.3, 0.4) is 0 Å². The van der Waals surface area contributed by atoms with E-state index in [0.717, 1.165) is 18.7 Å². The fraction of sp³-hybridized carbons (Fsp3) is 0.188. The average molecular weight is 309 g/mol. The van der Waals surface area contributed by atoms with Gasteiger partial charge >= 0.3 is 0 Å². The molecule has 20 heavy (non-hydrogen) atoms. The molecule has 106 valence electrons. The highest BCUT2D eigenvalue weighted by atomic mass is 35.5. The molecular formula is C16H18Cl2N2. The molecular weight excluding hydrogens is 291 g/mol. The van der Waals surface area contributed by atoms with E-state index in [-0.39, 0.29) is 24.8 Å². The van der Waals surface area contributed by atoms with Gasteiger partial charge in [-0.1, -0.05) is 48.6 Å². The van der Waals surface area contributed by atoms with Gasteiger partial charge in [-0.25, -0.2) is 0 Å². The van der Waals surface area contributed by atoms with Crippen molar-refractivity contribution in [3.8, 4) is 11.3 Å². The van der Waals surface area contributed by atoms with Crippen molar-refractivity contribution in [1.82, 2.24) is 10.3 Å². The summed E-state index contributed by atoms with van der Waals surface area (Å²) in [5, 5.41) is 3.47. The number of nitrogens with one attached hydrogen (secondary N) is 1. The van der Waals surface area contributed by atoms with Gasteiger partial charge in [0.1, 0.15) is 0 Å². The minimum absolute atomic E-state index is 0. The first-order valence-electron chi connectivity index (χ1n) is 6.33. The molecule has 0 amide bonds. The van der Waals surface area contributed by atoms with Gasteiger partial charge in [0.15, 0.2) is 0 Å². The first kappa shape index (κ1) is 16.7. The molecule has 0 radical (unpaired) electrons. The second kappa shape index (κ2) is 8.05. The monoisotopic (exact) mass is 308 g/mol. The van der Waals surface area contributed by atoms with E-state index in [9.17, 15) is 0 Å². The summed E-state index contributed by atoms with van der Waals surface area (Å²) >= 11 is 0. The Morgan fingerprint density at radius 2 is 1.75 bits per heavy atom. The van der Waals surface area contributed by atoms with Crippen LogP contribution in [0.2, 0.25) is 0 Å². The Hall–Kier alpha value is -1.35. The third-order valence-electron chi connectivity index (χ3n) is 3.28. The van der Waals surface area contributed by atoms with Crippen LogP contribution in [0.4, 0.5) is 0 Å². The van der Waals surface area contributed by atoms with Gasteiger partial charge in [0, 0.05) is 24.3 Å². The fourth-order valence-corrected chi connectivity index (χ4v) is 2.25. The number of halogens is 2. The zero-order valence-electron chi connectivity index (χ0n) is 11.0. The van der Waals surface area contributed by atoms with Gasteiger partial charge in [0.2, 0.25) is 0 Å². The zero-order chi connectivity index (χ0) is 12.2. The maximum absolute atomic E-state index is 4.56. The van der Waals surface area contributed by atoms with Gasteiger partial charge in [-0.3, -0.25) is 4.98 Å². The summed E-state index contributed by atoms with van der Waals surface area (Å²) in [6, 6.07) is 15.0. The van der Waals surface area contributed by atoms with E-state index in [1.165, 1.54) is 11.1 Å². The topological polar surface area (TPSA) is 24.9 Å². The molecule has 1 N–H and O–H groups in total. The van der Waals surface area contributed by atoms with Crippen molar-refractivity contribution in [2.45, 2.75) is 12.5 Å². The molecule has 1 aliphatic rings. The van der Waals surface area contributed by atoms with E-state index >= 15 is 0 Å². The largest absolute Gasteiger partial charge is 0.306 e. The van der Waals surface area contributed by atoms with Crippen LogP contribution in [0.25, 0.3) is 11.3 Å². The van der Waals surface area contributed by atoms with Gasteiger partial charge < -0.3 is 5.32 Å². The van der Waals surface area contributed by atoms with Crippen LogP contribution in [0.1, 0.15) is 18.0 Å². The molecule has 0 aliphatic carbocycles. The Kier molecular flexibility index (Phi) is 6.73. The molecule has 1 aromatic carbocycles. The van der Waals surface area contributed by atoms with Crippen molar-refractivity contribution in [2.24, 2.45) is 0 Å². The van der Waals surface area contributed by atoms with Crippen LogP contribution in [0.5, 0.6) is 0 Å². The van der Waals surface area contributed by atoms with Crippen molar-refractivity contribution in [3.05, 3.63) is 66.4 Å². The molecule has 3 rings (SSSR count). The van der Waals surface area contributed by atoms with Crippen LogP contribution in [0, 0.1) is 0 Å². The lowest BCUT2D eigenvalue weighted by atomic mass is 10.0. The summed E-state index contributed by atoms with van der Waals surface area (Å²) in [5.41, 5.74) is 3.46. The maximum atomic E-state index is 4.56. The zero-order valence-corrected chi connectivity index (χ0v) is 12.7. The third kappa shape index (κ3) is 3.83. The Morgan fingerprint density at radius 1 is 0.950 bits per heavy atom.